The number of amides is 1. The van der Waals surface area contributed by atoms with Crippen molar-refractivity contribution in [3.05, 3.63) is 17.5 Å². The van der Waals surface area contributed by atoms with Gasteiger partial charge in [0, 0.05) is 5.69 Å². The molecule has 0 saturated heterocycles. The van der Waals surface area contributed by atoms with E-state index < -0.39 is 5.97 Å². The Hall–Kier alpha value is -1.43. The Morgan fingerprint density at radius 3 is 2.80 bits per heavy atom. The molecule has 15 heavy (non-hydrogen) atoms. The van der Waals surface area contributed by atoms with Gasteiger partial charge in [-0.2, -0.15) is 11.8 Å². The molecule has 0 aliphatic carbocycles. The SMILES string of the molecule is CSCC(=O)Nc1cc(C)[nH]c1C(=O)O. The molecule has 0 bridgehead atoms. The number of H-pyrrole nitrogens is 1. The quantitative estimate of drug-likeness (QED) is 0.726. The molecule has 0 spiro atoms. The Labute approximate surface area is 91.3 Å². The van der Waals surface area contributed by atoms with E-state index in [4.69, 9.17) is 5.11 Å². The van der Waals surface area contributed by atoms with Crippen LogP contribution < -0.4 is 5.32 Å². The fourth-order valence-electron chi connectivity index (χ4n) is 1.17. The van der Waals surface area contributed by atoms with E-state index in [-0.39, 0.29) is 11.6 Å². The van der Waals surface area contributed by atoms with Crippen LogP contribution in [0.4, 0.5) is 5.69 Å². The van der Waals surface area contributed by atoms with Crippen molar-refractivity contribution in [3.63, 3.8) is 0 Å². The number of carboxylic acid groups (broad SMARTS) is 1. The number of rotatable bonds is 4. The molecule has 5 nitrogen and oxygen atoms in total. The lowest BCUT2D eigenvalue weighted by molar-refractivity contribution is -0.113. The molecular weight excluding hydrogens is 216 g/mol. The van der Waals surface area contributed by atoms with Crippen molar-refractivity contribution in [1.82, 2.24) is 4.98 Å². The Balaban J connectivity index is 2.84. The van der Waals surface area contributed by atoms with Gasteiger partial charge in [-0.25, -0.2) is 4.79 Å². The van der Waals surface area contributed by atoms with Crippen LogP contribution >= 0.6 is 11.8 Å². The first kappa shape index (κ1) is 11.6. The summed E-state index contributed by atoms with van der Waals surface area (Å²) < 4.78 is 0. The Morgan fingerprint density at radius 1 is 1.60 bits per heavy atom. The molecule has 0 aromatic carbocycles. The first-order valence-corrected chi connectivity index (χ1v) is 5.65. The minimum absolute atomic E-state index is 0.0157. The molecule has 82 valence electrons. The minimum Gasteiger partial charge on any atom is -0.477 e. The standard InChI is InChI=1S/C9H12N2O3S/c1-5-3-6(8(10-5)9(13)14)11-7(12)4-15-2/h3,10H,4H2,1-2H3,(H,11,12)(H,13,14). The summed E-state index contributed by atoms with van der Waals surface area (Å²) >= 11 is 1.38. The van der Waals surface area contributed by atoms with Gasteiger partial charge in [-0.1, -0.05) is 0 Å². The molecule has 1 heterocycles. The number of nitrogens with one attached hydrogen (secondary N) is 2. The van der Waals surface area contributed by atoms with Crippen LogP contribution in [-0.4, -0.2) is 34.0 Å². The van der Waals surface area contributed by atoms with Gasteiger partial charge in [0.1, 0.15) is 5.69 Å². The van der Waals surface area contributed by atoms with Crippen LogP contribution in [0.5, 0.6) is 0 Å². The van der Waals surface area contributed by atoms with Gasteiger partial charge in [-0.15, -0.1) is 0 Å². The van der Waals surface area contributed by atoms with Gasteiger partial charge in [-0.3, -0.25) is 4.79 Å². The molecular formula is C9H12N2O3S. The van der Waals surface area contributed by atoms with Crippen molar-refractivity contribution in [3.8, 4) is 0 Å². The van der Waals surface area contributed by atoms with E-state index >= 15 is 0 Å². The van der Waals surface area contributed by atoms with Gasteiger partial charge in [0.25, 0.3) is 0 Å². The molecule has 0 saturated carbocycles. The highest BCUT2D eigenvalue weighted by Gasteiger charge is 2.14. The number of aromatic amines is 1. The highest BCUT2D eigenvalue weighted by Crippen LogP contribution is 2.16. The van der Waals surface area contributed by atoms with E-state index in [0.717, 1.165) is 0 Å². The third kappa shape index (κ3) is 3.02. The minimum atomic E-state index is -1.08. The van der Waals surface area contributed by atoms with Crippen LogP contribution in [0, 0.1) is 6.92 Å². The number of thioether (sulfide) groups is 1. The van der Waals surface area contributed by atoms with Crippen LogP contribution in [-0.2, 0) is 4.79 Å². The first-order chi connectivity index (χ1) is 7.04. The molecule has 1 aromatic heterocycles. The van der Waals surface area contributed by atoms with Gasteiger partial charge in [0.15, 0.2) is 0 Å². The fraction of sp³-hybridized carbons (Fsp3) is 0.333. The number of hydrogen-bond donors (Lipinski definition) is 3. The van der Waals surface area contributed by atoms with Crippen LogP contribution in [0.1, 0.15) is 16.2 Å². The summed E-state index contributed by atoms with van der Waals surface area (Å²) in [5.74, 6) is -0.977. The highest BCUT2D eigenvalue weighted by molar-refractivity contribution is 7.99. The van der Waals surface area contributed by atoms with Gasteiger partial charge in [0.2, 0.25) is 5.91 Å². The molecule has 3 N–H and O–H groups in total. The summed E-state index contributed by atoms with van der Waals surface area (Å²) in [5, 5.41) is 11.4. The number of hydrogen-bond acceptors (Lipinski definition) is 3. The monoisotopic (exact) mass is 228 g/mol. The predicted molar refractivity (Wildman–Crippen MR) is 59.5 cm³/mol. The second-order valence-electron chi connectivity index (χ2n) is 3.03. The zero-order valence-electron chi connectivity index (χ0n) is 8.46. The van der Waals surface area contributed by atoms with Crippen LogP contribution in [0.25, 0.3) is 0 Å². The van der Waals surface area contributed by atoms with Gasteiger partial charge >= 0.3 is 5.97 Å². The lowest BCUT2D eigenvalue weighted by atomic mass is 10.3. The summed E-state index contributed by atoms with van der Waals surface area (Å²) in [4.78, 5) is 24.7. The maximum Gasteiger partial charge on any atom is 0.354 e. The van der Waals surface area contributed by atoms with Crippen molar-refractivity contribution in [2.45, 2.75) is 6.92 Å². The third-order valence-corrected chi connectivity index (χ3v) is 2.27. The van der Waals surface area contributed by atoms with E-state index in [0.29, 0.717) is 17.1 Å². The molecule has 0 fully saturated rings. The Bertz CT molecular complexity index is 387. The fourth-order valence-corrected chi connectivity index (χ4v) is 1.51. The summed E-state index contributed by atoms with van der Waals surface area (Å²) in [6.07, 6.45) is 1.81. The number of carbonyl (C=O) groups excluding carboxylic acids is 1. The Kier molecular flexibility index (Phi) is 3.79. The lowest BCUT2D eigenvalue weighted by Crippen LogP contribution is -2.15. The third-order valence-electron chi connectivity index (χ3n) is 1.72. The number of aryl methyl sites for hydroxylation is 1. The van der Waals surface area contributed by atoms with Gasteiger partial charge in [-0.05, 0) is 19.2 Å². The number of aromatic nitrogens is 1. The second-order valence-corrected chi connectivity index (χ2v) is 3.89. The lowest BCUT2D eigenvalue weighted by Gasteiger charge is -2.02. The maximum absolute atomic E-state index is 11.3. The van der Waals surface area contributed by atoms with E-state index in [9.17, 15) is 9.59 Å². The van der Waals surface area contributed by atoms with E-state index in [1.165, 1.54) is 11.8 Å². The topological polar surface area (TPSA) is 82.2 Å². The first-order valence-electron chi connectivity index (χ1n) is 4.26. The number of carbonyl (C=O) groups is 2. The zero-order valence-corrected chi connectivity index (χ0v) is 9.27. The van der Waals surface area contributed by atoms with Gasteiger partial charge in [0.05, 0.1) is 11.4 Å². The molecule has 1 amide bonds. The van der Waals surface area contributed by atoms with Crippen LogP contribution in [0.2, 0.25) is 0 Å². The highest BCUT2D eigenvalue weighted by atomic mass is 32.2. The smallest absolute Gasteiger partial charge is 0.354 e. The summed E-state index contributed by atoms with van der Waals surface area (Å²) in [5.41, 5.74) is 1.04. The molecule has 0 radical (unpaired) electrons. The van der Waals surface area contributed by atoms with Crippen molar-refractivity contribution >= 4 is 29.3 Å². The molecule has 1 rings (SSSR count). The summed E-state index contributed by atoms with van der Waals surface area (Å²) in [6, 6.07) is 1.60. The summed E-state index contributed by atoms with van der Waals surface area (Å²) in [7, 11) is 0. The number of anilines is 1. The predicted octanol–water partition coefficient (Wildman–Crippen LogP) is 1.32. The van der Waals surface area contributed by atoms with Gasteiger partial charge < -0.3 is 15.4 Å². The normalized spacial score (nSPS) is 10.0. The molecule has 0 unspecified atom stereocenters. The molecule has 6 heteroatoms. The van der Waals surface area contributed by atoms with Crippen LogP contribution in [0.3, 0.4) is 0 Å². The average molecular weight is 228 g/mol. The van der Waals surface area contributed by atoms with Crippen molar-refractivity contribution in [2.75, 3.05) is 17.3 Å². The number of carboxylic acids is 1. The molecule has 0 aliphatic rings. The van der Waals surface area contributed by atoms with E-state index in [1.807, 2.05) is 0 Å². The Morgan fingerprint density at radius 2 is 2.27 bits per heavy atom. The van der Waals surface area contributed by atoms with Crippen molar-refractivity contribution in [2.24, 2.45) is 0 Å². The van der Waals surface area contributed by atoms with Crippen molar-refractivity contribution < 1.29 is 14.7 Å². The zero-order chi connectivity index (χ0) is 11.4. The molecule has 0 atom stereocenters. The average Bonchev–Trinajstić information content (AvgIpc) is 2.47. The maximum atomic E-state index is 11.3. The van der Waals surface area contributed by atoms with E-state index in [2.05, 4.69) is 10.3 Å². The largest absolute Gasteiger partial charge is 0.477 e. The summed E-state index contributed by atoms with van der Waals surface area (Å²) in [6.45, 7) is 1.73. The van der Waals surface area contributed by atoms with Crippen LogP contribution in [0.15, 0.2) is 6.07 Å². The second kappa shape index (κ2) is 4.88. The molecule has 1 aromatic rings. The van der Waals surface area contributed by atoms with Crippen molar-refractivity contribution in [1.29, 1.82) is 0 Å². The number of aromatic carboxylic acids is 1. The molecule has 0 aliphatic heterocycles. The van der Waals surface area contributed by atoms with E-state index in [1.54, 1.807) is 19.2 Å².